The molecule has 1 atom stereocenters. The fraction of sp³-hybridized carbons (Fsp3) is 0.278. The van der Waals surface area contributed by atoms with Crippen molar-refractivity contribution >= 4 is 61.5 Å². The number of aryl methyl sites for hydroxylation is 1. The van der Waals surface area contributed by atoms with Gasteiger partial charge in [-0.1, -0.05) is 24.6 Å². The number of hydrogen-bond donors (Lipinski definition) is 1. The van der Waals surface area contributed by atoms with Crippen molar-refractivity contribution in [3.8, 4) is 0 Å². The van der Waals surface area contributed by atoms with Crippen LogP contribution in [0.15, 0.2) is 42.5 Å². The molecule has 2 aromatic rings. The number of benzene rings is 2. The van der Waals surface area contributed by atoms with E-state index >= 15 is 0 Å². The Kier molecular flexibility index (Phi) is 6.92. The van der Waals surface area contributed by atoms with Gasteiger partial charge < -0.3 is 5.32 Å². The highest BCUT2D eigenvalue weighted by Gasteiger charge is 2.31. The van der Waals surface area contributed by atoms with Crippen LogP contribution in [-0.4, -0.2) is 26.6 Å². The molecule has 0 aliphatic heterocycles. The molecule has 2 aromatic carbocycles. The van der Waals surface area contributed by atoms with E-state index in [4.69, 9.17) is 11.6 Å². The fourth-order valence-corrected chi connectivity index (χ4v) is 4.69. The number of halogens is 2. The highest BCUT2D eigenvalue weighted by Crippen LogP contribution is 2.26. The second-order valence-corrected chi connectivity index (χ2v) is 9.45. The lowest BCUT2D eigenvalue weighted by Crippen LogP contribution is -2.47. The van der Waals surface area contributed by atoms with Gasteiger partial charge in [-0.3, -0.25) is 9.10 Å². The van der Waals surface area contributed by atoms with Gasteiger partial charge in [0.05, 0.1) is 11.9 Å². The largest absolute Gasteiger partial charge is 0.324 e. The van der Waals surface area contributed by atoms with Crippen LogP contribution in [0.2, 0.25) is 5.02 Å². The minimum absolute atomic E-state index is 0.314. The van der Waals surface area contributed by atoms with Gasteiger partial charge in [-0.25, -0.2) is 8.42 Å². The summed E-state index contributed by atoms with van der Waals surface area (Å²) >= 11 is 8.20. The van der Waals surface area contributed by atoms with Crippen LogP contribution in [0.25, 0.3) is 0 Å². The van der Waals surface area contributed by atoms with E-state index in [-0.39, 0.29) is 5.91 Å². The minimum atomic E-state index is -3.69. The second-order valence-electron chi connectivity index (χ2n) is 5.91. The molecule has 0 spiro atoms. The van der Waals surface area contributed by atoms with E-state index in [0.29, 0.717) is 22.8 Å². The lowest BCUT2D eigenvalue weighted by Gasteiger charge is -2.30. The van der Waals surface area contributed by atoms with Crippen LogP contribution in [0.1, 0.15) is 18.9 Å². The Morgan fingerprint density at radius 1 is 1.27 bits per heavy atom. The average molecular weight is 507 g/mol. The number of carbonyl (C=O) groups excluding carboxylic acids is 1. The quantitative estimate of drug-likeness (QED) is 0.589. The zero-order chi connectivity index (χ0) is 19.5. The standard InChI is InChI=1S/C18H20ClIN2O3S/c1-4-17(18(23)21-16-9-8-14(20)10-12(16)2)22(26(3,24)25)15-7-5-6-13(19)11-15/h5-11,17H,4H2,1-3H3,(H,21,23). The molecular formula is C18H20ClIN2O3S. The topological polar surface area (TPSA) is 66.5 Å². The molecule has 5 nitrogen and oxygen atoms in total. The molecule has 0 heterocycles. The van der Waals surface area contributed by atoms with Gasteiger partial charge in [0.1, 0.15) is 6.04 Å². The normalized spacial score (nSPS) is 12.5. The number of rotatable bonds is 6. The second kappa shape index (κ2) is 8.58. The number of amides is 1. The Hall–Kier alpha value is -1.32. The molecule has 0 saturated carbocycles. The fourth-order valence-electron chi connectivity index (χ4n) is 2.66. The van der Waals surface area contributed by atoms with Crippen LogP contribution >= 0.6 is 34.2 Å². The zero-order valence-corrected chi connectivity index (χ0v) is 18.4. The molecule has 0 aliphatic rings. The molecule has 1 unspecified atom stereocenters. The molecule has 0 saturated heterocycles. The van der Waals surface area contributed by atoms with Crippen molar-refractivity contribution in [3.63, 3.8) is 0 Å². The van der Waals surface area contributed by atoms with Crippen LogP contribution in [-0.2, 0) is 14.8 Å². The van der Waals surface area contributed by atoms with E-state index in [1.165, 1.54) is 6.07 Å². The van der Waals surface area contributed by atoms with Gasteiger partial charge >= 0.3 is 0 Å². The first-order valence-electron chi connectivity index (χ1n) is 7.95. The lowest BCUT2D eigenvalue weighted by atomic mass is 10.1. The van der Waals surface area contributed by atoms with Crippen molar-refractivity contribution in [2.75, 3.05) is 15.9 Å². The maximum absolute atomic E-state index is 12.9. The van der Waals surface area contributed by atoms with Crippen molar-refractivity contribution in [1.29, 1.82) is 0 Å². The molecule has 1 N–H and O–H groups in total. The summed E-state index contributed by atoms with van der Waals surface area (Å²) in [6.45, 7) is 3.66. The maximum Gasteiger partial charge on any atom is 0.248 e. The number of anilines is 2. The SMILES string of the molecule is CCC(C(=O)Nc1ccc(I)cc1C)N(c1cccc(Cl)c1)S(C)(=O)=O. The summed E-state index contributed by atoms with van der Waals surface area (Å²) in [4.78, 5) is 12.9. The minimum Gasteiger partial charge on any atom is -0.324 e. The van der Waals surface area contributed by atoms with Crippen molar-refractivity contribution in [2.45, 2.75) is 26.3 Å². The number of nitrogens with one attached hydrogen (secondary N) is 1. The smallest absolute Gasteiger partial charge is 0.248 e. The highest BCUT2D eigenvalue weighted by molar-refractivity contribution is 14.1. The van der Waals surface area contributed by atoms with E-state index in [1.807, 2.05) is 25.1 Å². The summed E-state index contributed by atoms with van der Waals surface area (Å²) in [5.41, 5.74) is 1.93. The Labute approximate surface area is 172 Å². The first-order valence-corrected chi connectivity index (χ1v) is 11.3. The maximum atomic E-state index is 12.9. The molecule has 1 amide bonds. The highest BCUT2D eigenvalue weighted by atomic mass is 127. The number of carbonyl (C=O) groups is 1. The first kappa shape index (κ1) is 21.0. The summed E-state index contributed by atoms with van der Waals surface area (Å²) in [7, 11) is -3.69. The number of hydrogen-bond acceptors (Lipinski definition) is 3. The van der Waals surface area contributed by atoms with Gasteiger partial charge in [0, 0.05) is 14.3 Å². The van der Waals surface area contributed by atoms with Gasteiger partial charge in [-0.15, -0.1) is 0 Å². The molecule has 0 radical (unpaired) electrons. The zero-order valence-electron chi connectivity index (χ0n) is 14.7. The van der Waals surface area contributed by atoms with Gasteiger partial charge in [-0.2, -0.15) is 0 Å². The lowest BCUT2D eigenvalue weighted by molar-refractivity contribution is -0.117. The van der Waals surface area contributed by atoms with Crippen LogP contribution in [0.3, 0.4) is 0 Å². The van der Waals surface area contributed by atoms with Crippen molar-refractivity contribution in [1.82, 2.24) is 0 Å². The van der Waals surface area contributed by atoms with Gasteiger partial charge in [0.15, 0.2) is 0 Å². The van der Waals surface area contributed by atoms with Crippen LogP contribution in [0.4, 0.5) is 11.4 Å². The van der Waals surface area contributed by atoms with Crippen molar-refractivity contribution in [3.05, 3.63) is 56.6 Å². The molecule has 0 aromatic heterocycles. The van der Waals surface area contributed by atoms with E-state index in [1.54, 1.807) is 25.1 Å². The van der Waals surface area contributed by atoms with E-state index in [0.717, 1.165) is 19.7 Å². The molecule has 2 rings (SSSR count). The van der Waals surface area contributed by atoms with Crippen LogP contribution in [0, 0.1) is 10.5 Å². The van der Waals surface area contributed by atoms with Crippen molar-refractivity contribution < 1.29 is 13.2 Å². The Bertz CT molecular complexity index is 918. The summed E-state index contributed by atoms with van der Waals surface area (Å²) in [5.74, 6) is -0.387. The third kappa shape index (κ3) is 5.11. The molecule has 0 fully saturated rings. The summed E-state index contributed by atoms with van der Waals surface area (Å²) in [6, 6.07) is 11.2. The third-order valence-electron chi connectivity index (χ3n) is 3.84. The molecule has 26 heavy (non-hydrogen) atoms. The third-order valence-corrected chi connectivity index (χ3v) is 5.92. The van der Waals surface area contributed by atoms with E-state index in [9.17, 15) is 13.2 Å². The van der Waals surface area contributed by atoms with Crippen molar-refractivity contribution in [2.24, 2.45) is 0 Å². The van der Waals surface area contributed by atoms with Gasteiger partial charge in [-0.05, 0) is 77.9 Å². The predicted molar refractivity (Wildman–Crippen MR) is 115 cm³/mol. The summed E-state index contributed by atoms with van der Waals surface area (Å²) < 4.78 is 27.0. The first-order chi connectivity index (χ1) is 12.1. The number of sulfonamides is 1. The Morgan fingerprint density at radius 3 is 2.50 bits per heavy atom. The Balaban J connectivity index is 2.40. The molecule has 140 valence electrons. The summed E-state index contributed by atoms with van der Waals surface area (Å²) in [6.07, 6.45) is 1.40. The van der Waals surface area contributed by atoms with Crippen LogP contribution < -0.4 is 9.62 Å². The van der Waals surface area contributed by atoms with Crippen LogP contribution in [0.5, 0.6) is 0 Å². The van der Waals surface area contributed by atoms with Gasteiger partial charge in [0.25, 0.3) is 0 Å². The Morgan fingerprint density at radius 2 is 1.96 bits per heavy atom. The predicted octanol–water partition coefficient (Wildman–Crippen LogP) is 4.44. The monoisotopic (exact) mass is 506 g/mol. The molecule has 0 bridgehead atoms. The molecular weight excluding hydrogens is 487 g/mol. The average Bonchev–Trinajstić information content (AvgIpc) is 2.53. The summed E-state index contributed by atoms with van der Waals surface area (Å²) in [5, 5.41) is 3.25. The van der Waals surface area contributed by atoms with E-state index in [2.05, 4.69) is 27.9 Å². The van der Waals surface area contributed by atoms with Gasteiger partial charge in [0.2, 0.25) is 15.9 Å². The number of nitrogens with zero attached hydrogens (tertiary/aromatic N) is 1. The molecule has 8 heteroatoms. The molecule has 0 aliphatic carbocycles. The van der Waals surface area contributed by atoms with E-state index < -0.39 is 16.1 Å².